The Morgan fingerprint density at radius 3 is 2.36 bits per heavy atom. The molecule has 0 aliphatic heterocycles. The molecule has 39 heavy (non-hydrogen) atoms. The van der Waals surface area contributed by atoms with Crippen molar-refractivity contribution in [3.05, 3.63) is 60.0 Å². The number of aromatic nitrogens is 2. The maximum Gasteiger partial charge on any atom is 0.332 e. The Labute approximate surface area is 231 Å². The number of hydrogen-bond donors (Lipinski definition) is 0. The van der Waals surface area contributed by atoms with Gasteiger partial charge in [0, 0.05) is 29.4 Å². The average Bonchev–Trinajstić information content (AvgIpc) is 3.26. The lowest BCUT2D eigenvalue weighted by atomic mass is 9.82. The summed E-state index contributed by atoms with van der Waals surface area (Å²) in [6.07, 6.45) is 5.02. The third-order valence-electron chi connectivity index (χ3n) is 7.28. The normalized spacial score (nSPS) is 17.7. The largest absolute Gasteiger partial charge is 0.497 e. The molecule has 0 N–H and O–H groups in total. The van der Waals surface area contributed by atoms with Crippen LogP contribution in [0.5, 0.6) is 5.75 Å². The fraction of sp³-hybridized carbons (Fsp3) is 0.500. The Bertz CT molecular complexity index is 1240. The van der Waals surface area contributed by atoms with Crippen LogP contribution in [0.15, 0.2) is 48.5 Å². The average molecular weight is 537 g/mol. The molecular weight excluding hydrogens is 495 g/mol. The van der Waals surface area contributed by atoms with E-state index in [2.05, 4.69) is 23.7 Å². The van der Waals surface area contributed by atoms with Crippen molar-refractivity contribution in [1.82, 2.24) is 9.78 Å². The second kappa shape index (κ2) is 12.8. The molecule has 2 aromatic carbocycles. The Morgan fingerprint density at radius 1 is 1.05 bits per heavy atom. The lowest BCUT2D eigenvalue weighted by molar-refractivity contribution is -0.160. The Hall–Kier alpha value is -3.19. The van der Waals surface area contributed by atoms with Gasteiger partial charge in [-0.25, -0.2) is 9.18 Å². The molecule has 1 aromatic heterocycles. The highest BCUT2D eigenvalue weighted by Gasteiger charge is 2.26. The van der Waals surface area contributed by atoms with Gasteiger partial charge in [0.15, 0.2) is 0 Å². The minimum absolute atomic E-state index is 0.00267. The van der Waals surface area contributed by atoms with Gasteiger partial charge in [-0.15, -0.1) is 0 Å². The van der Waals surface area contributed by atoms with E-state index in [1.54, 1.807) is 12.1 Å². The highest BCUT2D eigenvalue weighted by atomic mass is 19.1. The van der Waals surface area contributed by atoms with Crippen molar-refractivity contribution in [2.45, 2.75) is 71.9 Å². The summed E-state index contributed by atoms with van der Waals surface area (Å²) in [6.45, 7) is 9.07. The van der Waals surface area contributed by atoms with Crippen LogP contribution in [0.2, 0.25) is 0 Å². The van der Waals surface area contributed by atoms with Crippen LogP contribution in [0.1, 0.15) is 59.1 Å². The van der Waals surface area contributed by atoms with Gasteiger partial charge >= 0.3 is 5.97 Å². The lowest BCUT2D eigenvalue weighted by Gasteiger charge is -2.28. The fourth-order valence-electron chi connectivity index (χ4n) is 5.42. The number of carbonyl (C=O) groups is 1. The summed E-state index contributed by atoms with van der Waals surface area (Å²) in [5, 5.41) is 5.01. The van der Waals surface area contributed by atoms with Crippen LogP contribution >= 0.6 is 0 Å². The first-order chi connectivity index (χ1) is 18.7. The van der Waals surface area contributed by atoms with Gasteiger partial charge in [0.25, 0.3) is 0 Å². The van der Waals surface area contributed by atoms with Crippen LogP contribution < -0.4 is 4.74 Å². The SMILES string of the molecule is CCc1c(-c2ccccc2)c(-c2ccc(OC)cc2F)nn1C[C@H]1CC[C@H](COCC(=O)OC(C)(C)C)CC1. The number of ether oxygens (including phenoxy) is 3. The molecule has 0 amide bonds. The Balaban J connectivity index is 1.47. The molecule has 1 saturated carbocycles. The zero-order valence-electron chi connectivity index (χ0n) is 23.8. The number of rotatable bonds is 10. The number of nitrogens with zero attached hydrogens (tertiary/aromatic N) is 2. The smallest absolute Gasteiger partial charge is 0.332 e. The van der Waals surface area contributed by atoms with E-state index in [4.69, 9.17) is 19.3 Å². The molecule has 0 bridgehead atoms. The predicted molar refractivity (Wildman–Crippen MR) is 151 cm³/mol. The van der Waals surface area contributed by atoms with Gasteiger partial charge in [-0.1, -0.05) is 37.3 Å². The summed E-state index contributed by atoms with van der Waals surface area (Å²) in [7, 11) is 1.54. The van der Waals surface area contributed by atoms with E-state index in [9.17, 15) is 4.79 Å². The maximum absolute atomic E-state index is 15.2. The number of methoxy groups -OCH3 is 1. The van der Waals surface area contributed by atoms with Gasteiger partial charge in [0.1, 0.15) is 29.5 Å². The molecule has 4 rings (SSSR count). The van der Waals surface area contributed by atoms with E-state index < -0.39 is 5.60 Å². The standard InChI is InChI=1S/C32H41FN2O4/c1-6-28-30(24-10-8-7-9-11-24)31(26-17-16-25(37-5)18-27(26)33)34-35(28)19-22-12-14-23(15-13-22)20-38-21-29(36)39-32(2,3)4/h7-11,16-18,22-23H,6,12-15,19-21H2,1-5H3/t22-,23-. The van der Waals surface area contributed by atoms with Gasteiger partial charge in [-0.3, -0.25) is 4.68 Å². The highest BCUT2D eigenvalue weighted by molar-refractivity contribution is 5.83. The predicted octanol–water partition coefficient (Wildman–Crippen LogP) is 7.09. The molecule has 0 atom stereocenters. The molecule has 7 heteroatoms. The van der Waals surface area contributed by atoms with Crippen LogP contribution in [-0.2, 0) is 27.2 Å². The van der Waals surface area contributed by atoms with Crippen molar-refractivity contribution in [3.63, 3.8) is 0 Å². The van der Waals surface area contributed by atoms with Crippen molar-refractivity contribution in [1.29, 1.82) is 0 Å². The Morgan fingerprint density at radius 2 is 1.74 bits per heavy atom. The third-order valence-corrected chi connectivity index (χ3v) is 7.28. The molecule has 0 spiro atoms. The van der Waals surface area contributed by atoms with Gasteiger partial charge in [0.2, 0.25) is 0 Å². The van der Waals surface area contributed by atoms with E-state index in [0.29, 0.717) is 35.4 Å². The first-order valence-electron chi connectivity index (χ1n) is 14.0. The summed E-state index contributed by atoms with van der Waals surface area (Å²) in [5.74, 6) is 0.746. The van der Waals surface area contributed by atoms with E-state index in [-0.39, 0.29) is 18.4 Å². The highest BCUT2D eigenvalue weighted by Crippen LogP contribution is 2.38. The lowest BCUT2D eigenvalue weighted by Crippen LogP contribution is -2.28. The van der Waals surface area contributed by atoms with Gasteiger partial charge in [-0.2, -0.15) is 5.10 Å². The van der Waals surface area contributed by atoms with Crippen LogP contribution in [-0.4, -0.2) is 41.7 Å². The zero-order chi connectivity index (χ0) is 28.0. The number of carbonyl (C=O) groups excluding carboxylic acids is 1. The first-order valence-corrected chi connectivity index (χ1v) is 14.0. The zero-order valence-corrected chi connectivity index (χ0v) is 23.8. The molecule has 1 aliphatic carbocycles. The van der Waals surface area contributed by atoms with Gasteiger partial charge in [0.05, 0.1) is 13.7 Å². The van der Waals surface area contributed by atoms with Crippen molar-refractivity contribution in [2.24, 2.45) is 11.8 Å². The van der Waals surface area contributed by atoms with E-state index in [1.807, 2.05) is 39.0 Å². The number of hydrogen-bond acceptors (Lipinski definition) is 5. The molecule has 3 aromatic rings. The van der Waals surface area contributed by atoms with Gasteiger partial charge in [-0.05, 0) is 82.4 Å². The molecule has 0 radical (unpaired) electrons. The van der Waals surface area contributed by atoms with Crippen molar-refractivity contribution in [3.8, 4) is 28.1 Å². The van der Waals surface area contributed by atoms with Crippen LogP contribution in [0.4, 0.5) is 4.39 Å². The van der Waals surface area contributed by atoms with Crippen molar-refractivity contribution >= 4 is 5.97 Å². The molecule has 0 unspecified atom stereocenters. The maximum atomic E-state index is 15.2. The van der Waals surface area contributed by atoms with Crippen LogP contribution in [0.3, 0.4) is 0 Å². The van der Waals surface area contributed by atoms with E-state index in [0.717, 1.165) is 55.5 Å². The first kappa shape index (κ1) is 28.8. The Kier molecular flexibility index (Phi) is 9.44. The summed E-state index contributed by atoms with van der Waals surface area (Å²) < 4.78 is 33.6. The molecule has 1 fully saturated rings. The molecule has 1 heterocycles. The third kappa shape index (κ3) is 7.47. The van der Waals surface area contributed by atoms with E-state index >= 15 is 4.39 Å². The summed E-state index contributed by atoms with van der Waals surface area (Å²) in [6, 6.07) is 15.1. The number of halogens is 1. The molecule has 210 valence electrons. The second-order valence-electron chi connectivity index (χ2n) is 11.4. The summed E-state index contributed by atoms with van der Waals surface area (Å²) in [4.78, 5) is 11.9. The topological polar surface area (TPSA) is 62.6 Å². The second-order valence-corrected chi connectivity index (χ2v) is 11.4. The van der Waals surface area contributed by atoms with Crippen LogP contribution in [0, 0.1) is 17.7 Å². The minimum atomic E-state index is -0.498. The van der Waals surface area contributed by atoms with Gasteiger partial charge < -0.3 is 14.2 Å². The molecular formula is C32H41FN2O4. The molecule has 6 nitrogen and oxygen atoms in total. The molecule has 1 aliphatic rings. The summed E-state index contributed by atoms with van der Waals surface area (Å²) >= 11 is 0. The van der Waals surface area contributed by atoms with Crippen LogP contribution in [0.25, 0.3) is 22.4 Å². The van der Waals surface area contributed by atoms with Crippen molar-refractivity contribution < 1.29 is 23.4 Å². The number of benzene rings is 2. The fourth-order valence-corrected chi connectivity index (χ4v) is 5.42. The number of esters is 1. The molecule has 0 saturated heterocycles. The summed E-state index contributed by atoms with van der Waals surface area (Å²) in [5.41, 5.74) is 3.80. The minimum Gasteiger partial charge on any atom is -0.497 e. The van der Waals surface area contributed by atoms with Crippen molar-refractivity contribution in [2.75, 3.05) is 20.3 Å². The van der Waals surface area contributed by atoms with E-state index in [1.165, 1.54) is 13.2 Å². The monoisotopic (exact) mass is 536 g/mol. The quantitative estimate of drug-likeness (QED) is 0.259.